The zero-order valence-electron chi connectivity index (χ0n) is 23.1. The number of anilines is 1. The standard InChI is InChI=1S/C31H41FN4O4/c32-25-18-26(35-15-11-33-12-16-35)20-28(19-25)40-27(7-10-34-21-37)5-1-22-2-6-30(38)29(17-22)23-8-13-36(14-9-23)31(39)24-3-4-24/h2,6,17-21,23-24,27,33,38H,1,3-5,7-16H2,(H,34,37). The predicted octanol–water partition coefficient (Wildman–Crippen LogP) is 3.57. The fraction of sp³-hybridized carbons (Fsp3) is 0.548. The number of amides is 2. The number of piperidine rings is 1. The number of hydrogen-bond donors (Lipinski definition) is 3. The van der Waals surface area contributed by atoms with Gasteiger partial charge in [-0.1, -0.05) is 12.1 Å². The van der Waals surface area contributed by atoms with E-state index in [1.807, 2.05) is 17.0 Å². The highest BCUT2D eigenvalue weighted by Crippen LogP contribution is 2.37. The number of rotatable bonds is 12. The fourth-order valence-corrected chi connectivity index (χ4v) is 5.89. The lowest BCUT2D eigenvalue weighted by molar-refractivity contribution is -0.133. The van der Waals surface area contributed by atoms with Crippen LogP contribution >= 0.6 is 0 Å². The van der Waals surface area contributed by atoms with E-state index < -0.39 is 0 Å². The number of phenolic OH excluding ortho intramolecular Hbond substituents is 1. The number of likely N-dealkylation sites (tertiary alicyclic amines) is 1. The summed E-state index contributed by atoms with van der Waals surface area (Å²) in [6.45, 7) is 5.30. The molecule has 2 heterocycles. The first-order valence-electron chi connectivity index (χ1n) is 14.7. The molecule has 0 radical (unpaired) electrons. The molecule has 1 unspecified atom stereocenters. The van der Waals surface area contributed by atoms with Crippen molar-refractivity contribution in [2.75, 3.05) is 50.7 Å². The Morgan fingerprint density at radius 2 is 1.85 bits per heavy atom. The van der Waals surface area contributed by atoms with Crippen molar-refractivity contribution in [1.82, 2.24) is 15.5 Å². The van der Waals surface area contributed by atoms with Crippen molar-refractivity contribution in [2.24, 2.45) is 5.92 Å². The molecule has 2 saturated heterocycles. The van der Waals surface area contributed by atoms with E-state index in [1.54, 1.807) is 12.1 Å². The number of nitrogens with zero attached hydrogens (tertiary/aromatic N) is 2. The van der Waals surface area contributed by atoms with Gasteiger partial charge in [0.25, 0.3) is 0 Å². The Bertz CT molecular complexity index is 1160. The number of hydrogen-bond acceptors (Lipinski definition) is 6. The maximum Gasteiger partial charge on any atom is 0.225 e. The second-order valence-electron chi connectivity index (χ2n) is 11.3. The van der Waals surface area contributed by atoms with Crippen molar-refractivity contribution in [2.45, 2.75) is 57.0 Å². The van der Waals surface area contributed by atoms with E-state index in [-0.39, 0.29) is 23.8 Å². The molecule has 2 aromatic carbocycles. The van der Waals surface area contributed by atoms with Crippen LogP contribution in [0.5, 0.6) is 11.5 Å². The van der Waals surface area contributed by atoms with Crippen LogP contribution in [0.4, 0.5) is 10.1 Å². The highest BCUT2D eigenvalue weighted by Gasteiger charge is 2.35. The van der Waals surface area contributed by atoms with E-state index in [2.05, 4.69) is 21.6 Å². The number of nitrogens with one attached hydrogen (secondary N) is 2. The molecule has 0 bridgehead atoms. The van der Waals surface area contributed by atoms with Crippen LogP contribution in [0.3, 0.4) is 0 Å². The van der Waals surface area contributed by atoms with Gasteiger partial charge in [0.1, 0.15) is 23.4 Å². The molecule has 9 heteroatoms. The largest absolute Gasteiger partial charge is 0.508 e. The zero-order valence-corrected chi connectivity index (χ0v) is 23.1. The molecule has 8 nitrogen and oxygen atoms in total. The number of halogens is 1. The monoisotopic (exact) mass is 552 g/mol. The summed E-state index contributed by atoms with van der Waals surface area (Å²) in [5, 5.41) is 16.7. The Balaban J connectivity index is 1.22. The van der Waals surface area contributed by atoms with E-state index in [0.29, 0.717) is 43.2 Å². The Morgan fingerprint density at radius 3 is 2.58 bits per heavy atom. The quantitative estimate of drug-likeness (QED) is 0.275. The zero-order chi connectivity index (χ0) is 27.9. The van der Waals surface area contributed by atoms with Gasteiger partial charge in [0, 0.05) is 76.0 Å². The summed E-state index contributed by atoms with van der Waals surface area (Å²) in [5.41, 5.74) is 2.86. The van der Waals surface area contributed by atoms with Crippen molar-refractivity contribution >= 4 is 18.0 Å². The van der Waals surface area contributed by atoms with Gasteiger partial charge in [-0.3, -0.25) is 9.59 Å². The van der Waals surface area contributed by atoms with Gasteiger partial charge in [-0.05, 0) is 67.7 Å². The minimum atomic E-state index is -0.330. The maximum atomic E-state index is 14.5. The first-order valence-corrected chi connectivity index (χ1v) is 14.7. The average Bonchev–Trinajstić information content (AvgIpc) is 3.82. The minimum absolute atomic E-state index is 0.223. The van der Waals surface area contributed by atoms with Crippen molar-refractivity contribution in [3.05, 3.63) is 53.3 Å². The first-order chi connectivity index (χ1) is 19.5. The van der Waals surface area contributed by atoms with Gasteiger partial charge >= 0.3 is 0 Å². The molecule has 216 valence electrons. The van der Waals surface area contributed by atoms with E-state index in [9.17, 15) is 19.1 Å². The summed E-state index contributed by atoms with van der Waals surface area (Å²) in [5.74, 6) is 1.23. The van der Waals surface area contributed by atoms with Crippen LogP contribution in [-0.4, -0.2) is 74.2 Å². The lowest BCUT2D eigenvalue weighted by atomic mass is 9.87. The summed E-state index contributed by atoms with van der Waals surface area (Å²) < 4.78 is 20.8. The molecule has 2 amide bonds. The van der Waals surface area contributed by atoms with E-state index in [1.165, 1.54) is 6.07 Å². The van der Waals surface area contributed by atoms with Crippen LogP contribution in [0.25, 0.3) is 0 Å². The van der Waals surface area contributed by atoms with Crippen LogP contribution in [0.2, 0.25) is 0 Å². The van der Waals surface area contributed by atoms with Crippen molar-refractivity contribution in [3.63, 3.8) is 0 Å². The Morgan fingerprint density at radius 1 is 1.07 bits per heavy atom. The molecule has 3 fully saturated rings. The molecule has 5 rings (SSSR count). The molecule has 1 atom stereocenters. The summed E-state index contributed by atoms with van der Waals surface area (Å²) in [6.07, 6.45) is 6.20. The predicted molar refractivity (Wildman–Crippen MR) is 152 cm³/mol. The fourth-order valence-electron chi connectivity index (χ4n) is 5.89. The summed E-state index contributed by atoms with van der Waals surface area (Å²) in [7, 11) is 0. The molecule has 3 N–H and O–H groups in total. The number of piperazine rings is 1. The average molecular weight is 553 g/mol. The van der Waals surface area contributed by atoms with E-state index >= 15 is 0 Å². The highest BCUT2D eigenvalue weighted by molar-refractivity contribution is 5.81. The molecule has 0 spiro atoms. The molecule has 1 aliphatic carbocycles. The van der Waals surface area contributed by atoms with Gasteiger partial charge in [-0.15, -0.1) is 0 Å². The Labute approximate surface area is 235 Å². The van der Waals surface area contributed by atoms with Crippen molar-refractivity contribution in [3.8, 4) is 11.5 Å². The number of ether oxygens (including phenoxy) is 1. The summed E-state index contributed by atoms with van der Waals surface area (Å²) in [4.78, 5) is 27.4. The van der Waals surface area contributed by atoms with Gasteiger partial charge in [0.15, 0.2) is 0 Å². The maximum absolute atomic E-state index is 14.5. The topological polar surface area (TPSA) is 94.1 Å². The van der Waals surface area contributed by atoms with Crippen LogP contribution in [0.15, 0.2) is 36.4 Å². The van der Waals surface area contributed by atoms with E-state index in [0.717, 1.165) is 88.2 Å². The van der Waals surface area contributed by atoms with Crippen LogP contribution in [0.1, 0.15) is 55.6 Å². The second kappa shape index (κ2) is 13.4. The van der Waals surface area contributed by atoms with Gasteiger partial charge in [-0.25, -0.2) is 4.39 Å². The normalized spacial score (nSPS) is 18.8. The number of aromatic hydroxyl groups is 1. The number of carbonyl (C=O) groups excluding carboxylic acids is 2. The SMILES string of the molecule is O=CNCCC(CCc1ccc(O)c(C2CCN(C(=O)C3CC3)CC2)c1)Oc1cc(F)cc(N2CCNCC2)c1. The Hall–Kier alpha value is -3.33. The van der Waals surface area contributed by atoms with Crippen LogP contribution in [0, 0.1) is 11.7 Å². The summed E-state index contributed by atoms with van der Waals surface area (Å²) >= 11 is 0. The molecular formula is C31H41FN4O4. The molecule has 1 saturated carbocycles. The van der Waals surface area contributed by atoms with Crippen molar-refractivity contribution < 1.29 is 23.8 Å². The highest BCUT2D eigenvalue weighted by atomic mass is 19.1. The minimum Gasteiger partial charge on any atom is -0.508 e. The Kier molecular flexibility index (Phi) is 9.41. The number of carbonyl (C=O) groups is 2. The molecule has 0 aromatic heterocycles. The lowest BCUT2D eigenvalue weighted by Gasteiger charge is -2.32. The molecule has 2 aromatic rings. The summed E-state index contributed by atoms with van der Waals surface area (Å²) in [6, 6.07) is 10.7. The smallest absolute Gasteiger partial charge is 0.225 e. The number of benzene rings is 2. The van der Waals surface area contributed by atoms with Gasteiger partial charge in [0.2, 0.25) is 12.3 Å². The third kappa shape index (κ3) is 7.44. The second-order valence-corrected chi connectivity index (χ2v) is 11.3. The number of phenols is 1. The van der Waals surface area contributed by atoms with Gasteiger partial charge in [0.05, 0.1) is 0 Å². The van der Waals surface area contributed by atoms with E-state index in [4.69, 9.17) is 4.74 Å². The van der Waals surface area contributed by atoms with Gasteiger partial charge in [-0.2, -0.15) is 0 Å². The lowest BCUT2D eigenvalue weighted by Crippen LogP contribution is -2.43. The van der Waals surface area contributed by atoms with Crippen LogP contribution in [-0.2, 0) is 16.0 Å². The third-order valence-corrected chi connectivity index (χ3v) is 8.35. The van der Waals surface area contributed by atoms with Crippen LogP contribution < -0.4 is 20.3 Å². The third-order valence-electron chi connectivity index (χ3n) is 8.35. The molecular weight excluding hydrogens is 511 g/mol. The molecule has 40 heavy (non-hydrogen) atoms. The van der Waals surface area contributed by atoms with Gasteiger partial charge < -0.3 is 30.3 Å². The number of aryl methyl sites for hydroxylation is 1. The molecule has 3 aliphatic rings. The molecule has 2 aliphatic heterocycles. The van der Waals surface area contributed by atoms with Crippen molar-refractivity contribution in [1.29, 1.82) is 0 Å². The first kappa shape index (κ1) is 28.2.